The molecule has 0 aliphatic heterocycles. The SMILES string of the molecule is O=c1[nH]c(-c2cc(=O)c3ccccc3o2)co1. The summed E-state index contributed by atoms with van der Waals surface area (Å²) < 4.78 is 10.1. The smallest absolute Gasteiger partial charge is 0.416 e. The summed E-state index contributed by atoms with van der Waals surface area (Å²) in [6.45, 7) is 0. The maximum absolute atomic E-state index is 11.8. The third kappa shape index (κ3) is 1.57. The number of aromatic amines is 1. The number of benzene rings is 1. The topological polar surface area (TPSA) is 76.2 Å². The second kappa shape index (κ2) is 3.48. The largest absolute Gasteiger partial charge is 0.454 e. The minimum Gasteiger partial charge on any atom is -0.454 e. The fourth-order valence-electron chi connectivity index (χ4n) is 1.64. The van der Waals surface area contributed by atoms with Gasteiger partial charge in [-0.3, -0.25) is 9.78 Å². The van der Waals surface area contributed by atoms with Crippen molar-refractivity contribution in [3.05, 3.63) is 57.4 Å². The molecule has 1 N–H and O–H groups in total. The number of aromatic nitrogens is 1. The van der Waals surface area contributed by atoms with Crippen molar-refractivity contribution in [2.24, 2.45) is 0 Å². The van der Waals surface area contributed by atoms with Crippen molar-refractivity contribution in [3.8, 4) is 11.5 Å². The van der Waals surface area contributed by atoms with Crippen LogP contribution >= 0.6 is 0 Å². The summed E-state index contributed by atoms with van der Waals surface area (Å²) in [5.41, 5.74) is 0.652. The molecule has 0 saturated carbocycles. The first kappa shape index (κ1) is 9.65. The van der Waals surface area contributed by atoms with Crippen molar-refractivity contribution >= 4 is 11.0 Å². The summed E-state index contributed by atoms with van der Waals surface area (Å²) >= 11 is 0. The van der Waals surface area contributed by atoms with Crippen LogP contribution in [-0.2, 0) is 0 Å². The molecule has 0 spiro atoms. The molecule has 0 atom stereocenters. The summed E-state index contributed by atoms with van der Waals surface area (Å²) in [4.78, 5) is 25.1. The molecule has 5 nitrogen and oxygen atoms in total. The molecule has 3 aromatic rings. The van der Waals surface area contributed by atoms with E-state index in [1.165, 1.54) is 12.3 Å². The Bertz CT molecular complexity index is 794. The number of hydrogen-bond acceptors (Lipinski definition) is 4. The Balaban J connectivity index is 2.32. The van der Waals surface area contributed by atoms with E-state index in [-0.39, 0.29) is 11.2 Å². The molecule has 84 valence electrons. The first-order valence-electron chi connectivity index (χ1n) is 4.95. The van der Waals surface area contributed by atoms with Gasteiger partial charge >= 0.3 is 5.76 Å². The maximum Gasteiger partial charge on any atom is 0.416 e. The van der Waals surface area contributed by atoms with Crippen LogP contribution < -0.4 is 11.2 Å². The molecule has 0 aliphatic rings. The Morgan fingerprint density at radius 1 is 1.12 bits per heavy atom. The summed E-state index contributed by atoms with van der Waals surface area (Å²) in [5.74, 6) is -0.310. The number of rotatable bonds is 1. The van der Waals surface area contributed by atoms with Crippen LogP contribution in [0.15, 0.2) is 55.0 Å². The average Bonchev–Trinajstić information content (AvgIpc) is 2.76. The Kier molecular flexibility index (Phi) is 1.98. The lowest BCUT2D eigenvalue weighted by molar-refractivity contribution is 0.515. The molecule has 0 saturated heterocycles. The van der Waals surface area contributed by atoms with Gasteiger partial charge in [-0.1, -0.05) is 12.1 Å². The quantitative estimate of drug-likeness (QED) is 0.689. The van der Waals surface area contributed by atoms with Gasteiger partial charge in [0.05, 0.1) is 5.39 Å². The molecule has 0 fully saturated rings. The predicted molar refractivity (Wildman–Crippen MR) is 60.8 cm³/mol. The normalized spacial score (nSPS) is 10.8. The third-order valence-corrected chi connectivity index (χ3v) is 2.42. The van der Waals surface area contributed by atoms with Crippen LogP contribution in [0.1, 0.15) is 0 Å². The number of fused-ring (bicyclic) bond motifs is 1. The van der Waals surface area contributed by atoms with Crippen molar-refractivity contribution in [2.45, 2.75) is 0 Å². The molecule has 0 amide bonds. The minimum atomic E-state index is -0.587. The van der Waals surface area contributed by atoms with Crippen LogP contribution in [0.3, 0.4) is 0 Å². The molecule has 0 radical (unpaired) electrons. The van der Waals surface area contributed by atoms with Gasteiger partial charge in [-0.05, 0) is 12.1 Å². The molecule has 0 unspecified atom stereocenters. The van der Waals surface area contributed by atoms with E-state index in [2.05, 4.69) is 9.40 Å². The van der Waals surface area contributed by atoms with Crippen molar-refractivity contribution in [2.75, 3.05) is 0 Å². The van der Waals surface area contributed by atoms with Gasteiger partial charge in [-0.15, -0.1) is 0 Å². The van der Waals surface area contributed by atoms with Crippen LogP contribution in [0.25, 0.3) is 22.4 Å². The molecule has 5 heteroatoms. The Hall–Kier alpha value is -2.56. The first-order chi connectivity index (χ1) is 8.24. The predicted octanol–water partition coefficient (Wildman–Crippen LogP) is 1.74. The Morgan fingerprint density at radius 3 is 2.71 bits per heavy atom. The van der Waals surface area contributed by atoms with Crippen LogP contribution in [0.4, 0.5) is 0 Å². The molecule has 0 bridgehead atoms. The zero-order valence-corrected chi connectivity index (χ0v) is 8.60. The Labute approximate surface area is 94.3 Å². The van der Waals surface area contributed by atoms with Gasteiger partial charge in [-0.2, -0.15) is 0 Å². The van der Waals surface area contributed by atoms with Crippen LogP contribution in [0.2, 0.25) is 0 Å². The molecule has 3 rings (SSSR count). The second-order valence-corrected chi connectivity index (χ2v) is 3.53. The van der Waals surface area contributed by atoms with Gasteiger partial charge in [0.1, 0.15) is 17.5 Å². The maximum atomic E-state index is 11.8. The lowest BCUT2D eigenvalue weighted by Crippen LogP contribution is -2.01. The van der Waals surface area contributed by atoms with Crippen molar-refractivity contribution in [1.82, 2.24) is 4.98 Å². The van der Waals surface area contributed by atoms with Crippen molar-refractivity contribution in [3.63, 3.8) is 0 Å². The van der Waals surface area contributed by atoms with Gasteiger partial charge in [0.2, 0.25) is 0 Å². The van der Waals surface area contributed by atoms with Crippen molar-refractivity contribution in [1.29, 1.82) is 0 Å². The summed E-state index contributed by atoms with van der Waals surface area (Å²) in [5, 5.41) is 0.502. The Morgan fingerprint density at radius 2 is 1.94 bits per heavy atom. The van der Waals surface area contributed by atoms with Crippen LogP contribution in [0, 0.1) is 0 Å². The van der Waals surface area contributed by atoms with Gasteiger partial charge < -0.3 is 8.83 Å². The zero-order chi connectivity index (χ0) is 11.8. The average molecular weight is 229 g/mol. The van der Waals surface area contributed by atoms with E-state index in [0.717, 1.165) is 0 Å². The molecular formula is C12H7NO4. The minimum absolute atomic E-state index is 0.163. The van der Waals surface area contributed by atoms with E-state index in [9.17, 15) is 9.59 Å². The summed E-state index contributed by atoms with van der Waals surface area (Å²) in [6, 6.07) is 8.23. The van der Waals surface area contributed by atoms with Gasteiger partial charge in [0.25, 0.3) is 0 Å². The van der Waals surface area contributed by atoms with E-state index in [1.807, 2.05) is 0 Å². The monoisotopic (exact) mass is 229 g/mol. The zero-order valence-electron chi connectivity index (χ0n) is 8.60. The van der Waals surface area contributed by atoms with E-state index in [0.29, 0.717) is 16.7 Å². The van der Waals surface area contributed by atoms with E-state index < -0.39 is 5.76 Å². The fourth-order valence-corrected chi connectivity index (χ4v) is 1.64. The van der Waals surface area contributed by atoms with Crippen LogP contribution in [0.5, 0.6) is 0 Å². The second-order valence-electron chi connectivity index (χ2n) is 3.53. The highest BCUT2D eigenvalue weighted by molar-refractivity contribution is 5.77. The van der Waals surface area contributed by atoms with Gasteiger partial charge in [0, 0.05) is 6.07 Å². The summed E-state index contributed by atoms with van der Waals surface area (Å²) in [7, 11) is 0. The molecule has 2 heterocycles. The van der Waals surface area contributed by atoms with Gasteiger partial charge in [-0.25, -0.2) is 4.79 Å². The molecule has 1 aromatic carbocycles. The number of hydrogen-bond donors (Lipinski definition) is 1. The first-order valence-corrected chi connectivity index (χ1v) is 4.95. The van der Waals surface area contributed by atoms with Gasteiger partial charge in [0.15, 0.2) is 11.2 Å². The summed E-state index contributed by atoms with van der Waals surface area (Å²) in [6.07, 6.45) is 1.22. The standard InChI is InChI=1S/C12H7NO4/c14-9-5-11(8-6-16-12(15)13-8)17-10-4-2-1-3-7(9)10/h1-6H,(H,13,15). The van der Waals surface area contributed by atoms with Crippen LogP contribution in [-0.4, -0.2) is 4.98 Å². The highest BCUT2D eigenvalue weighted by Gasteiger charge is 2.08. The molecule has 0 aliphatic carbocycles. The molecule has 17 heavy (non-hydrogen) atoms. The number of para-hydroxylation sites is 1. The van der Waals surface area contributed by atoms with E-state index >= 15 is 0 Å². The molecule has 2 aromatic heterocycles. The fraction of sp³-hybridized carbons (Fsp3) is 0. The van der Waals surface area contributed by atoms with E-state index in [4.69, 9.17) is 4.42 Å². The number of H-pyrrole nitrogens is 1. The highest BCUT2D eigenvalue weighted by atomic mass is 16.4. The lowest BCUT2D eigenvalue weighted by Gasteiger charge is -1.99. The number of oxazole rings is 1. The highest BCUT2D eigenvalue weighted by Crippen LogP contribution is 2.19. The third-order valence-electron chi connectivity index (χ3n) is 2.42. The van der Waals surface area contributed by atoms with E-state index in [1.54, 1.807) is 24.3 Å². The van der Waals surface area contributed by atoms with Crippen molar-refractivity contribution < 1.29 is 8.83 Å². The lowest BCUT2D eigenvalue weighted by atomic mass is 10.2. The number of nitrogens with one attached hydrogen (secondary N) is 1. The molecular weight excluding hydrogens is 222 g/mol.